The Labute approximate surface area is 123 Å². The van der Waals surface area contributed by atoms with Crippen LogP contribution in [-0.4, -0.2) is 13.2 Å². The molecule has 4 heteroatoms. The molecule has 0 spiro atoms. The number of fused-ring (bicyclic) bond motifs is 1. The standard InChI is InChI=1S/C16H17NO2S/c1-11(17)13-4-2-3-5-16(13)20-12-6-7-14-15(10-12)19-9-8-18-14/h2-7,10-11H,8-9,17H2,1H3/t11-/m1/s1. The molecule has 104 valence electrons. The van der Waals surface area contributed by atoms with Crippen LogP contribution in [0.2, 0.25) is 0 Å². The molecule has 3 nitrogen and oxygen atoms in total. The summed E-state index contributed by atoms with van der Waals surface area (Å²) in [6, 6.07) is 14.3. The molecule has 1 atom stereocenters. The summed E-state index contributed by atoms with van der Waals surface area (Å²) in [5.74, 6) is 1.64. The maximum atomic E-state index is 6.02. The molecule has 1 aliphatic heterocycles. The fourth-order valence-electron chi connectivity index (χ4n) is 2.16. The van der Waals surface area contributed by atoms with E-state index in [1.165, 1.54) is 4.90 Å². The van der Waals surface area contributed by atoms with Gasteiger partial charge in [0, 0.05) is 15.8 Å². The molecule has 0 saturated heterocycles. The van der Waals surface area contributed by atoms with E-state index in [9.17, 15) is 0 Å². The molecule has 0 aliphatic carbocycles. The maximum Gasteiger partial charge on any atom is 0.162 e. The summed E-state index contributed by atoms with van der Waals surface area (Å²) in [4.78, 5) is 2.31. The third-order valence-electron chi connectivity index (χ3n) is 3.15. The normalized spacial score (nSPS) is 14.9. The van der Waals surface area contributed by atoms with Gasteiger partial charge in [0.05, 0.1) is 0 Å². The van der Waals surface area contributed by atoms with Crippen LogP contribution in [0.4, 0.5) is 0 Å². The third kappa shape index (κ3) is 2.76. The highest BCUT2D eigenvalue weighted by atomic mass is 32.2. The van der Waals surface area contributed by atoms with Crippen molar-refractivity contribution in [1.82, 2.24) is 0 Å². The number of rotatable bonds is 3. The van der Waals surface area contributed by atoms with Crippen molar-refractivity contribution in [3.8, 4) is 11.5 Å². The Kier molecular flexibility index (Phi) is 3.85. The van der Waals surface area contributed by atoms with Crippen LogP contribution in [0.1, 0.15) is 18.5 Å². The Morgan fingerprint density at radius 2 is 1.80 bits per heavy atom. The van der Waals surface area contributed by atoms with Gasteiger partial charge in [0.25, 0.3) is 0 Å². The number of hydrogen-bond acceptors (Lipinski definition) is 4. The zero-order valence-electron chi connectivity index (χ0n) is 11.3. The van der Waals surface area contributed by atoms with Gasteiger partial charge in [-0.05, 0) is 36.8 Å². The van der Waals surface area contributed by atoms with E-state index in [4.69, 9.17) is 15.2 Å². The van der Waals surface area contributed by atoms with E-state index in [1.807, 2.05) is 31.2 Å². The fraction of sp³-hybridized carbons (Fsp3) is 0.250. The Hall–Kier alpha value is -1.65. The van der Waals surface area contributed by atoms with Crippen LogP contribution in [0.3, 0.4) is 0 Å². The topological polar surface area (TPSA) is 44.5 Å². The van der Waals surface area contributed by atoms with Crippen LogP contribution in [0, 0.1) is 0 Å². The molecule has 2 aromatic carbocycles. The molecule has 20 heavy (non-hydrogen) atoms. The predicted molar refractivity (Wildman–Crippen MR) is 80.6 cm³/mol. The molecule has 0 amide bonds. The lowest BCUT2D eigenvalue weighted by atomic mass is 10.1. The molecule has 2 N–H and O–H groups in total. The average Bonchev–Trinajstić information content (AvgIpc) is 2.47. The Morgan fingerprint density at radius 1 is 1.05 bits per heavy atom. The van der Waals surface area contributed by atoms with Gasteiger partial charge < -0.3 is 15.2 Å². The molecule has 1 heterocycles. The average molecular weight is 287 g/mol. The maximum absolute atomic E-state index is 6.02. The lowest BCUT2D eigenvalue weighted by molar-refractivity contribution is 0.171. The van der Waals surface area contributed by atoms with Gasteiger partial charge in [-0.2, -0.15) is 0 Å². The summed E-state index contributed by atoms with van der Waals surface area (Å²) >= 11 is 1.70. The van der Waals surface area contributed by atoms with Crippen LogP contribution in [0.25, 0.3) is 0 Å². The molecule has 1 aliphatic rings. The number of benzene rings is 2. The highest BCUT2D eigenvalue weighted by Crippen LogP contribution is 2.38. The van der Waals surface area contributed by atoms with Crippen LogP contribution in [0.15, 0.2) is 52.3 Å². The quantitative estimate of drug-likeness (QED) is 0.936. The van der Waals surface area contributed by atoms with E-state index in [0.717, 1.165) is 22.0 Å². The van der Waals surface area contributed by atoms with E-state index in [2.05, 4.69) is 18.2 Å². The van der Waals surface area contributed by atoms with Crippen molar-refractivity contribution in [2.24, 2.45) is 5.73 Å². The molecule has 2 aromatic rings. The zero-order valence-corrected chi connectivity index (χ0v) is 12.2. The van der Waals surface area contributed by atoms with E-state index in [1.54, 1.807) is 11.8 Å². The summed E-state index contributed by atoms with van der Waals surface area (Å²) < 4.78 is 11.2. The van der Waals surface area contributed by atoms with Crippen molar-refractivity contribution >= 4 is 11.8 Å². The molecule has 3 rings (SSSR count). The minimum atomic E-state index is 0.0240. The fourth-order valence-corrected chi connectivity index (χ4v) is 3.24. The second-order valence-electron chi connectivity index (χ2n) is 4.73. The lowest BCUT2D eigenvalue weighted by Crippen LogP contribution is -2.15. The van der Waals surface area contributed by atoms with Gasteiger partial charge in [-0.3, -0.25) is 0 Å². The summed E-state index contributed by atoms with van der Waals surface area (Å²) in [7, 11) is 0. The Bertz CT molecular complexity index is 613. The van der Waals surface area contributed by atoms with E-state index in [-0.39, 0.29) is 6.04 Å². The Morgan fingerprint density at radius 3 is 2.60 bits per heavy atom. The minimum Gasteiger partial charge on any atom is -0.486 e. The van der Waals surface area contributed by atoms with Gasteiger partial charge in [0.1, 0.15) is 13.2 Å². The molecule has 0 radical (unpaired) electrons. The molecule has 0 fully saturated rings. The second-order valence-corrected chi connectivity index (χ2v) is 5.85. The van der Waals surface area contributed by atoms with E-state index >= 15 is 0 Å². The van der Waals surface area contributed by atoms with Gasteiger partial charge in [-0.1, -0.05) is 30.0 Å². The van der Waals surface area contributed by atoms with Gasteiger partial charge in [-0.25, -0.2) is 0 Å². The van der Waals surface area contributed by atoms with E-state index in [0.29, 0.717) is 13.2 Å². The van der Waals surface area contributed by atoms with Crippen molar-refractivity contribution < 1.29 is 9.47 Å². The first-order valence-electron chi connectivity index (χ1n) is 6.66. The van der Waals surface area contributed by atoms with Crippen LogP contribution >= 0.6 is 11.8 Å². The predicted octanol–water partition coefficient (Wildman–Crippen LogP) is 3.63. The lowest BCUT2D eigenvalue weighted by Gasteiger charge is -2.19. The molecular formula is C16H17NO2S. The first-order valence-corrected chi connectivity index (χ1v) is 7.48. The third-order valence-corrected chi connectivity index (χ3v) is 4.23. The van der Waals surface area contributed by atoms with Crippen molar-refractivity contribution in [3.63, 3.8) is 0 Å². The number of ether oxygens (including phenoxy) is 2. The monoisotopic (exact) mass is 287 g/mol. The highest BCUT2D eigenvalue weighted by molar-refractivity contribution is 7.99. The van der Waals surface area contributed by atoms with Gasteiger partial charge in [0.2, 0.25) is 0 Å². The molecule has 0 unspecified atom stereocenters. The minimum absolute atomic E-state index is 0.0240. The first kappa shape index (κ1) is 13.3. The van der Waals surface area contributed by atoms with E-state index < -0.39 is 0 Å². The zero-order chi connectivity index (χ0) is 13.9. The summed E-state index contributed by atoms with van der Waals surface area (Å²) in [6.07, 6.45) is 0. The molecule has 0 saturated carbocycles. The van der Waals surface area contributed by atoms with Crippen LogP contribution in [0.5, 0.6) is 11.5 Å². The van der Waals surface area contributed by atoms with Gasteiger partial charge in [0.15, 0.2) is 11.5 Å². The van der Waals surface area contributed by atoms with Crippen molar-refractivity contribution in [1.29, 1.82) is 0 Å². The van der Waals surface area contributed by atoms with Crippen LogP contribution < -0.4 is 15.2 Å². The second kappa shape index (κ2) is 5.77. The number of nitrogens with two attached hydrogens (primary N) is 1. The highest BCUT2D eigenvalue weighted by Gasteiger charge is 2.13. The molecular weight excluding hydrogens is 270 g/mol. The molecule has 0 aromatic heterocycles. The van der Waals surface area contributed by atoms with Crippen molar-refractivity contribution in [2.45, 2.75) is 22.8 Å². The summed E-state index contributed by atoms with van der Waals surface area (Å²) in [5.41, 5.74) is 7.18. The van der Waals surface area contributed by atoms with Crippen LogP contribution in [-0.2, 0) is 0 Å². The largest absolute Gasteiger partial charge is 0.486 e. The molecule has 0 bridgehead atoms. The first-order chi connectivity index (χ1) is 9.74. The van der Waals surface area contributed by atoms with Crippen molar-refractivity contribution in [3.05, 3.63) is 48.0 Å². The SMILES string of the molecule is C[C@@H](N)c1ccccc1Sc1ccc2c(c1)OCCO2. The smallest absolute Gasteiger partial charge is 0.162 e. The summed E-state index contributed by atoms with van der Waals surface area (Å²) in [5, 5.41) is 0. The summed E-state index contributed by atoms with van der Waals surface area (Å²) in [6.45, 7) is 3.23. The Balaban J connectivity index is 1.88. The van der Waals surface area contributed by atoms with Gasteiger partial charge >= 0.3 is 0 Å². The number of hydrogen-bond donors (Lipinski definition) is 1. The van der Waals surface area contributed by atoms with Gasteiger partial charge in [-0.15, -0.1) is 0 Å². The van der Waals surface area contributed by atoms with Crippen molar-refractivity contribution in [2.75, 3.05) is 13.2 Å².